The Hall–Kier alpha value is -1.13. The van der Waals surface area contributed by atoms with Gasteiger partial charge in [-0.2, -0.15) is 0 Å². The topological polar surface area (TPSA) is 55.1 Å². The number of hydrogen-bond acceptors (Lipinski definition) is 2. The molecule has 0 aliphatic rings. The Morgan fingerprint density at radius 1 is 1.42 bits per heavy atom. The van der Waals surface area contributed by atoms with Gasteiger partial charge in [0.25, 0.3) is 5.91 Å². The summed E-state index contributed by atoms with van der Waals surface area (Å²) in [6.07, 6.45) is 1.31. The minimum atomic E-state index is -0.638. The summed E-state index contributed by atoms with van der Waals surface area (Å²) in [6.45, 7) is 5.72. The fourth-order valence-electron chi connectivity index (χ4n) is 1.97. The fourth-order valence-corrected chi connectivity index (χ4v) is 2.49. The van der Waals surface area contributed by atoms with Gasteiger partial charge >= 0.3 is 0 Å². The zero-order valence-corrected chi connectivity index (χ0v) is 13.0. The number of nitrogens with one attached hydrogen (secondary N) is 1. The number of amides is 1. The lowest BCUT2D eigenvalue weighted by atomic mass is 9.92. The molecule has 0 aliphatic carbocycles. The van der Waals surface area contributed by atoms with Crippen molar-refractivity contribution < 1.29 is 4.79 Å². The van der Waals surface area contributed by atoms with E-state index in [1.807, 2.05) is 20.8 Å². The van der Waals surface area contributed by atoms with E-state index in [0.29, 0.717) is 28.4 Å². The molecule has 1 amide bonds. The minimum Gasteiger partial charge on any atom is -0.391 e. The highest BCUT2D eigenvalue weighted by Crippen LogP contribution is 2.21. The monoisotopic (exact) mass is 298 g/mol. The van der Waals surface area contributed by atoms with Gasteiger partial charge in [0.15, 0.2) is 0 Å². The zero-order valence-electron chi connectivity index (χ0n) is 11.4. The Morgan fingerprint density at radius 3 is 2.47 bits per heavy atom. The number of thiocarbonyl (C=S) groups is 1. The first-order valence-corrected chi connectivity index (χ1v) is 7.04. The molecule has 0 aromatic heterocycles. The zero-order chi connectivity index (χ0) is 14.6. The van der Waals surface area contributed by atoms with Crippen LogP contribution in [0.3, 0.4) is 0 Å². The standard InChI is InChI=1S/C14H19ClN2OS/c1-4-14(5-2,13(16)19)17-12(18)10-7-6-8-11(15)9(10)3/h6-8H,4-5H2,1-3H3,(H2,16,19)(H,17,18). The van der Waals surface area contributed by atoms with E-state index in [1.54, 1.807) is 18.2 Å². The Kier molecular flexibility index (Phi) is 5.32. The Balaban J connectivity index is 3.08. The Bertz CT molecular complexity index is 498. The molecule has 0 spiro atoms. The van der Waals surface area contributed by atoms with Crippen molar-refractivity contribution >= 4 is 34.7 Å². The lowest BCUT2D eigenvalue weighted by Gasteiger charge is -2.32. The van der Waals surface area contributed by atoms with E-state index in [9.17, 15) is 4.79 Å². The number of hydrogen-bond donors (Lipinski definition) is 2. The molecule has 0 saturated heterocycles. The Morgan fingerprint density at radius 2 is 2.00 bits per heavy atom. The van der Waals surface area contributed by atoms with Crippen molar-refractivity contribution in [2.45, 2.75) is 39.2 Å². The van der Waals surface area contributed by atoms with Crippen molar-refractivity contribution in [1.82, 2.24) is 5.32 Å². The van der Waals surface area contributed by atoms with E-state index < -0.39 is 5.54 Å². The van der Waals surface area contributed by atoms with Crippen molar-refractivity contribution in [3.8, 4) is 0 Å². The number of rotatable bonds is 5. The van der Waals surface area contributed by atoms with E-state index in [0.717, 1.165) is 5.56 Å². The van der Waals surface area contributed by atoms with Crippen LogP contribution in [0.4, 0.5) is 0 Å². The lowest BCUT2D eigenvalue weighted by molar-refractivity contribution is 0.0919. The molecule has 3 N–H and O–H groups in total. The van der Waals surface area contributed by atoms with E-state index in [2.05, 4.69) is 5.32 Å². The SMILES string of the molecule is CCC(CC)(NC(=O)c1cccc(Cl)c1C)C(N)=S. The van der Waals surface area contributed by atoms with Crippen LogP contribution in [0.5, 0.6) is 0 Å². The van der Waals surface area contributed by atoms with Crippen LogP contribution >= 0.6 is 23.8 Å². The molecule has 3 nitrogen and oxygen atoms in total. The number of nitrogens with two attached hydrogens (primary N) is 1. The van der Waals surface area contributed by atoms with Gasteiger partial charge in [0, 0.05) is 10.6 Å². The van der Waals surface area contributed by atoms with Gasteiger partial charge in [-0.1, -0.05) is 43.7 Å². The van der Waals surface area contributed by atoms with Gasteiger partial charge in [-0.05, 0) is 37.5 Å². The number of carbonyl (C=O) groups is 1. The second-order valence-corrected chi connectivity index (χ2v) is 5.37. The average Bonchev–Trinajstić information content (AvgIpc) is 2.38. The molecule has 0 aliphatic heterocycles. The maximum atomic E-state index is 12.4. The normalized spacial score (nSPS) is 11.2. The van der Waals surface area contributed by atoms with Crippen LogP contribution in [-0.4, -0.2) is 16.4 Å². The molecular weight excluding hydrogens is 280 g/mol. The highest BCUT2D eigenvalue weighted by atomic mass is 35.5. The van der Waals surface area contributed by atoms with Crippen LogP contribution in [0.1, 0.15) is 42.6 Å². The number of halogens is 1. The molecule has 0 heterocycles. The summed E-state index contributed by atoms with van der Waals surface area (Å²) < 4.78 is 0. The van der Waals surface area contributed by atoms with Crippen molar-refractivity contribution in [3.05, 3.63) is 34.3 Å². The maximum Gasteiger partial charge on any atom is 0.252 e. The number of benzene rings is 1. The van der Waals surface area contributed by atoms with Crippen LogP contribution in [0.15, 0.2) is 18.2 Å². The highest BCUT2D eigenvalue weighted by molar-refractivity contribution is 7.80. The third kappa shape index (κ3) is 3.25. The second-order valence-electron chi connectivity index (χ2n) is 4.52. The molecular formula is C14H19ClN2OS. The predicted molar refractivity (Wildman–Crippen MR) is 83.8 cm³/mol. The summed E-state index contributed by atoms with van der Waals surface area (Å²) in [5.74, 6) is -0.198. The molecule has 0 fully saturated rings. The summed E-state index contributed by atoms with van der Waals surface area (Å²) in [5.41, 5.74) is 6.45. The van der Waals surface area contributed by atoms with Crippen LogP contribution in [0.25, 0.3) is 0 Å². The van der Waals surface area contributed by atoms with E-state index in [1.165, 1.54) is 0 Å². The van der Waals surface area contributed by atoms with E-state index in [4.69, 9.17) is 29.6 Å². The molecule has 104 valence electrons. The third-order valence-electron chi connectivity index (χ3n) is 3.54. The fraction of sp³-hybridized carbons (Fsp3) is 0.429. The Labute approximate surface area is 124 Å². The van der Waals surface area contributed by atoms with Gasteiger partial charge in [0.05, 0.1) is 10.5 Å². The first-order valence-electron chi connectivity index (χ1n) is 6.25. The average molecular weight is 299 g/mol. The van der Waals surface area contributed by atoms with Crippen molar-refractivity contribution in [1.29, 1.82) is 0 Å². The first-order chi connectivity index (χ1) is 8.88. The summed E-state index contributed by atoms with van der Waals surface area (Å²) in [6, 6.07) is 5.25. The molecule has 1 rings (SSSR count). The number of carbonyl (C=O) groups excluding carboxylic acids is 1. The van der Waals surface area contributed by atoms with E-state index >= 15 is 0 Å². The summed E-state index contributed by atoms with van der Waals surface area (Å²) >= 11 is 11.1. The molecule has 19 heavy (non-hydrogen) atoms. The molecule has 5 heteroatoms. The highest BCUT2D eigenvalue weighted by Gasteiger charge is 2.32. The molecule has 0 unspecified atom stereocenters. The van der Waals surface area contributed by atoms with Crippen molar-refractivity contribution in [3.63, 3.8) is 0 Å². The quantitative estimate of drug-likeness (QED) is 0.821. The molecule has 1 aromatic rings. The van der Waals surface area contributed by atoms with Crippen LogP contribution < -0.4 is 11.1 Å². The van der Waals surface area contributed by atoms with E-state index in [-0.39, 0.29) is 5.91 Å². The maximum absolute atomic E-state index is 12.4. The molecule has 0 atom stereocenters. The van der Waals surface area contributed by atoms with Crippen LogP contribution in [0.2, 0.25) is 5.02 Å². The third-order valence-corrected chi connectivity index (χ3v) is 4.34. The largest absolute Gasteiger partial charge is 0.391 e. The van der Waals surface area contributed by atoms with Gasteiger partial charge in [0.1, 0.15) is 0 Å². The first kappa shape index (κ1) is 15.9. The molecule has 0 saturated carbocycles. The van der Waals surface area contributed by atoms with Gasteiger partial charge in [-0.15, -0.1) is 0 Å². The lowest BCUT2D eigenvalue weighted by Crippen LogP contribution is -2.56. The molecule has 1 aromatic carbocycles. The van der Waals surface area contributed by atoms with Gasteiger partial charge in [0.2, 0.25) is 0 Å². The summed E-state index contributed by atoms with van der Waals surface area (Å²) in [5, 5.41) is 3.52. The van der Waals surface area contributed by atoms with Gasteiger partial charge in [-0.25, -0.2) is 0 Å². The smallest absolute Gasteiger partial charge is 0.252 e. The second kappa shape index (κ2) is 6.35. The van der Waals surface area contributed by atoms with Crippen LogP contribution in [0, 0.1) is 6.92 Å². The minimum absolute atomic E-state index is 0.198. The molecule has 0 radical (unpaired) electrons. The van der Waals surface area contributed by atoms with Gasteiger partial charge in [-0.3, -0.25) is 4.79 Å². The summed E-state index contributed by atoms with van der Waals surface area (Å²) in [4.78, 5) is 12.7. The van der Waals surface area contributed by atoms with Crippen LogP contribution in [-0.2, 0) is 0 Å². The van der Waals surface area contributed by atoms with Gasteiger partial charge < -0.3 is 11.1 Å². The predicted octanol–water partition coefficient (Wildman–Crippen LogP) is 3.22. The summed E-state index contributed by atoms with van der Waals surface area (Å²) in [7, 11) is 0. The van der Waals surface area contributed by atoms with Crippen molar-refractivity contribution in [2.75, 3.05) is 0 Å². The van der Waals surface area contributed by atoms with Crippen molar-refractivity contribution in [2.24, 2.45) is 5.73 Å². The molecule has 0 bridgehead atoms.